The molecule has 22 heavy (non-hydrogen) atoms. The number of hydrogen-bond donors (Lipinski definition) is 0. The maximum Gasteiger partial charge on any atom is 0.282 e. The Morgan fingerprint density at radius 3 is 2.82 bits per heavy atom. The molecule has 0 radical (unpaired) electrons. The highest BCUT2D eigenvalue weighted by Crippen LogP contribution is 2.16. The summed E-state index contributed by atoms with van der Waals surface area (Å²) in [5, 5.41) is 0.137. The fraction of sp³-hybridized carbons (Fsp3) is 0.267. The van der Waals surface area contributed by atoms with Crippen molar-refractivity contribution in [2.24, 2.45) is 0 Å². The lowest BCUT2D eigenvalue weighted by Gasteiger charge is -2.09. The van der Waals surface area contributed by atoms with Crippen molar-refractivity contribution in [3.63, 3.8) is 0 Å². The van der Waals surface area contributed by atoms with Crippen molar-refractivity contribution in [1.82, 2.24) is 19.1 Å². The van der Waals surface area contributed by atoms with E-state index in [1.165, 1.54) is 16.7 Å². The first-order valence-electron chi connectivity index (χ1n) is 6.87. The fourth-order valence-electron chi connectivity index (χ4n) is 2.41. The highest BCUT2D eigenvalue weighted by atomic mass is 35.5. The summed E-state index contributed by atoms with van der Waals surface area (Å²) in [5.74, 6) is -0.274. The van der Waals surface area contributed by atoms with E-state index in [0.717, 1.165) is 11.1 Å². The fourth-order valence-corrected chi connectivity index (χ4v) is 2.69. The lowest BCUT2D eigenvalue weighted by Crippen LogP contribution is -2.21. The smallest absolute Gasteiger partial charge is 0.282 e. The zero-order valence-corrected chi connectivity index (χ0v) is 12.9. The molecule has 0 N–H and O–H groups in total. The highest BCUT2D eigenvalue weighted by Gasteiger charge is 2.14. The molecule has 5 nitrogen and oxygen atoms in total. The third kappa shape index (κ3) is 2.39. The van der Waals surface area contributed by atoms with Crippen LogP contribution < -0.4 is 5.56 Å². The predicted molar refractivity (Wildman–Crippen MR) is 82.7 cm³/mol. The van der Waals surface area contributed by atoms with Gasteiger partial charge in [0.05, 0.1) is 12.9 Å². The molecule has 3 rings (SSSR count). The van der Waals surface area contributed by atoms with Crippen molar-refractivity contribution in [2.45, 2.75) is 26.9 Å². The van der Waals surface area contributed by atoms with E-state index in [9.17, 15) is 9.18 Å². The summed E-state index contributed by atoms with van der Waals surface area (Å²) in [6.07, 6.45) is 1.55. The number of aromatic nitrogens is 4. The van der Waals surface area contributed by atoms with E-state index in [0.29, 0.717) is 18.7 Å². The molecule has 0 saturated carbocycles. The van der Waals surface area contributed by atoms with E-state index in [4.69, 9.17) is 11.6 Å². The van der Waals surface area contributed by atoms with Gasteiger partial charge >= 0.3 is 0 Å². The summed E-state index contributed by atoms with van der Waals surface area (Å²) in [5.41, 5.74) is 2.22. The van der Waals surface area contributed by atoms with Gasteiger partial charge in [0.25, 0.3) is 5.56 Å². The Hall–Kier alpha value is -2.21. The Morgan fingerprint density at radius 2 is 2.14 bits per heavy atom. The first-order valence-corrected chi connectivity index (χ1v) is 7.25. The van der Waals surface area contributed by atoms with Crippen molar-refractivity contribution < 1.29 is 4.39 Å². The van der Waals surface area contributed by atoms with Crippen LogP contribution >= 0.6 is 11.6 Å². The van der Waals surface area contributed by atoms with Crippen LogP contribution in [0.3, 0.4) is 0 Å². The maximum absolute atomic E-state index is 13.2. The van der Waals surface area contributed by atoms with Gasteiger partial charge in [0.1, 0.15) is 5.82 Å². The molecule has 3 aromatic rings. The monoisotopic (exact) mass is 320 g/mol. The van der Waals surface area contributed by atoms with Gasteiger partial charge in [0.2, 0.25) is 5.28 Å². The number of rotatable bonds is 3. The lowest BCUT2D eigenvalue weighted by atomic mass is 10.1. The second-order valence-electron chi connectivity index (χ2n) is 5.05. The molecule has 0 aliphatic carbocycles. The zero-order valence-electron chi connectivity index (χ0n) is 12.2. The largest absolute Gasteiger partial charge is 0.311 e. The molecule has 0 unspecified atom stereocenters. The Kier molecular flexibility index (Phi) is 3.70. The summed E-state index contributed by atoms with van der Waals surface area (Å²) < 4.78 is 16.3. The molecule has 0 fully saturated rings. The molecule has 0 atom stereocenters. The molecule has 0 aliphatic heterocycles. The number of benzene rings is 1. The molecule has 114 valence electrons. The molecule has 2 heterocycles. The van der Waals surface area contributed by atoms with Gasteiger partial charge in [0, 0.05) is 6.54 Å². The van der Waals surface area contributed by atoms with Crippen LogP contribution in [0.4, 0.5) is 4.39 Å². The van der Waals surface area contributed by atoms with Crippen LogP contribution in [0.1, 0.15) is 18.1 Å². The van der Waals surface area contributed by atoms with Gasteiger partial charge in [-0.05, 0) is 48.7 Å². The molecule has 0 spiro atoms. The summed E-state index contributed by atoms with van der Waals surface area (Å²) in [6, 6.07) is 4.59. The van der Waals surface area contributed by atoms with Crippen LogP contribution in [0.25, 0.3) is 11.2 Å². The molecule has 0 saturated heterocycles. The second kappa shape index (κ2) is 5.53. The van der Waals surface area contributed by atoms with Crippen molar-refractivity contribution in [3.8, 4) is 0 Å². The Labute approximate surface area is 131 Å². The standard InChI is InChI=1S/C15H14ClFN4O/c1-3-21-14(22)12-13(19-15(21)16)20(8-18-12)7-10-4-5-11(17)6-9(10)2/h4-6,8H,3,7H2,1-2H3. The number of fused-ring (bicyclic) bond motifs is 1. The highest BCUT2D eigenvalue weighted by molar-refractivity contribution is 6.28. The van der Waals surface area contributed by atoms with Gasteiger partial charge in [-0.15, -0.1) is 0 Å². The van der Waals surface area contributed by atoms with E-state index in [1.54, 1.807) is 17.0 Å². The molecule has 7 heteroatoms. The van der Waals surface area contributed by atoms with Gasteiger partial charge in [-0.1, -0.05) is 6.07 Å². The average Bonchev–Trinajstić information content (AvgIpc) is 2.85. The molecule has 1 aromatic carbocycles. The topological polar surface area (TPSA) is 52.7 Å². The third-order valence-electron chi connectivity index (χ3n) is 3.64. The van der Waals surface area contributed by atoms with Gasteiger partial charge in [-0.2, -0.15) is 4.98 Å². The molecule has 0 bridgehead atoms. The number of halogens is 2. The summed E-state index contributed by atoms with van der Waals surface area (Å²) in [6.45, 7) is 4.54. The van der Waals surface area contributed by atoms with Crippen molar-refractivity contribution in [3.05, 3.63) is 57.1 Å². The molecule has 2 aromatic heterocycles. The van der Waals surface area contributed by atoms with Crippen molar-refractivity contribution in [2.75, 3.05) is 0 Å². The first-order chi connectivity index (χ1) is 10.5. The minimum Gasteiger partial charge on any atom is -0.311 e. The molecule has 0 aliphatic rings. The minimum absolute atomic E-state index is 0.137. The van der Waals surface area contributed by atoms with E-state index in [1.807, 2.05) is 13.8 Å². The Morgan fingerprint density at radius 1 is 1.36 bits per heavy atom. The molecular formula is C15H14ClFN4O. The molecule has 0 amide bonds. The Bertz CT molecular complexity index is 916. The number of hydrogen-bond acceptors (Lipinski definition) is 3. The van der Waals surface area contributed by atoms with Gasteiger partial charge in [0.15, 0.2) is 11.2 Å². The van der Waals surface area contributed by atoms with E-state index in [-0.39, 0.29) is 22.2 Å². The quantitative estimate of drug-likeness (QED) is 0.697. The SMILES string of the molecule is CCn1c(Cl)nc2c(ncn2Cc2ccc(F)cc2C)c1=O. The summed E-state index contributed by atoms with van der Waals surface area (Å²) >= 11 is 6.05. The number of aryl methyl sites for hydroxylation is 1. The maximum atomic E-state index is 13.2. The van der Waals surface area contributed by atoms with E-state index >= 15 is 0 Å². The van der Waals surface area contributed by atoms with E-state index < -0.39 is 0 Å². The van der Waals surface area contributed by atoms with Crippen LogP contribution in [0.15, 0.2) is 29.3 Å². The number of imidazole rings is 1. The van der Waals surface area contributed by atoms with Crippen LogP contribution in [0.5, 0.6) is 0 Å². The van der Waals surface area contributed by atoms with Crippen LogP contribution in [-0.2, 0) is 13.1 Å². The van der Waals surface area contributed by atoms with Crippen LogP contribution in [0.2, 0.25) is 5.28 Å². The average molecular weight is 321 g/mol. The van der Waals surface area contributed by atoms with Crippen molar-refractivity contribution in [1.29, 1.82) is 0 Å². The minimum atomic E-state index is -0.274. The second-order valence-corrected chi connectivity index (χ2v) is 5.38. The van der Waals surface area contributed by atoms with Crippen LogP contribution in [-0.4, -0.2) is 19.1 Å². The van der Waals surface area contributed by atoms with Gasteiger partial charge in [-0.3, -0.25) is 9.36 Å². The first kappa shape index (κ1) is 14.7. The van der Waals surface area contributed by atoms with Crippen LogP contribution in [0, 0.1) is 12.7 Å². The normalized spacial score (nSPS) is 11.3. The summed E-state index contributed by atoms with van der Waals surface area (Å²) in [7, 11) is 0. The molecular weight excluding hydrogens is 307 g/mol. The van der Waals surface area contributed by atoms with Crippen molar-refractivity contribution >= 4 is 22.8 Å². The Balaban J connectivity index is 2.11. The predicted octanol–water partition coefficient (Wildman–Crippen LogP) is 2.76. The van der Waals surface area contributed by atoms with E-state index in [2.05, 4.69) is 9.97 Å². The van der Waals surface area contributed by atoms with Gasteiger partial charge < -0.3 is 4.57 Å². The number of nitrogens with zero attached hydrogens (tertiary/aromatic N) is 4. The summed E-state index contributed by atoms with van der Waals surface area (Å²) in [4.78, 5) is 20.7. The third-order valence-corrected chi connectivity index (χ3v) is 3.93. The van der Waals surface area contributed by atoms with Gasteiger partial charge in [-0.25, -0.2) is 9.37 Å². The lowest BCUT2D eigenvalue weighted by molar-refractivity contribution is 0.625. The zero-order chi connectivity index (χ0) is 15.9.